The predicted molar refractivity (Wildman–Crippen MR) is 139 cm³/mol. The minimum absolute atomic E-state index is 0.0751. The highest BCUT2D eigenvalue weighted by Crippen LogP contribution is 2.50. The van der Waals surface area contributed by atoms with Gasteiger partial charge in [0.2, 0.25) is 0 Å². The van der Waals surface area contributed by atoms with Crippen molar-refractivity contribution in [3.63, 3.8) is 0 Å². The van der Waals surface area contributed by atoms with Gasteiger partial charge in [0.15, 0.2) is 0 Å². The number of benzene rings is 2. The second-order valence-corrected chi connectivity index (χ2v) is 11.7. The highest BCUT2D eigenvalue weighted by atomic mass is 15.1. The van der Waals surface area contributed by atoms with Crippen molar-refractivity contribution in [3.05, 3.63) is 29.1 Å². The summed E-state index contributed by atoms with van der Waals surface area (Å²) in [6.07, 6.45) is 1.09. The minimum Gasteiger partial charge on any atom is -0.279 e. The van der Waals surface area contributed by atoms with E-state index in [-0.39, 0.29) is 27.2 Å². The molecule has 0 spiro atoms. The van der Waals surface area contributed by atoms with Crippen LogP contribution in [0.3, 0.4) is 0 Å². The Balaban J connectivity index is 2.06. The largest absolute Gasteiger partial charge is 0.279 e. The summed E-state index contributed by atoms with van der Waals surface area (Å²) < 4.78 is 2.13. The van der Waals surface area contributed by atoms with Crippen molar-refractivity contribution in [2.45, 2.75) is 71.1 Å². The molecule has 0 N–H and O–H groups in total. The van der Waals surface area contributed by atoms with Gasteiger partial charge in [-0.15, -0.1) is 10.9 Å². The van der Waals surface area contributed by atoms with Crippen molar-refractivity contribution in [1.82, 2.24) is 14.4 Å². The fourth-order valence-corrected chi connectivity index (χ4v) is 5.74. The summed E-state index contributed by atoms with van der Waals surface area (Å²) in [7, 11) is 25.2. The summed E-state index contributed by atoms with van der Waals surface area (Å²) in [5, 5.41) is 0.650. The van der Waals surface area contributed by atoms with Crippen LogP contribution in [0.4, 0.5) is 0 Å². The topological polar surface area (TPSA) is 30.2 Å². The molecule has 2 aromatic carbocycles. The van der Waals surface area contributed by atoms with Crippen molar-refractivity contribution in [2.75, 3.05) is 0 Å². The summed E-state index contributed by atoms with van der Waals surface area (Å²) in [4.78, 5) is 10.1. The van der Waals surface area contributed by atoms with Crippen LogP contribution in [0.5, 0.6) is 0 Å². The summed E-state index contributed by atoms with van der Waals surface area (Å²) in [5.74, 6) is 0.854. The van der Waals surface area contributed by atoms with Gasteiger partial charge in [-0.05, 0) is 40.5 Å². The number of rotatable bonds is 0. The van der Waals surface area contributed by atoms with Crippen LogP contribution in [0.2, 0.25) is 0 Å². The highest BCUT2D eigenvalue weighted by Gasteiger charge is 2.42. The first-order valence-corrected chi connectivity index (χ1v) is 11.1. The van der Waals surface area contributed by atoms with Crippen molar-refractivity contribution >= 4 is 80.8 Å². The molecule has 0 amide bonds. The maximum atomic E-state index is 6.46. The molecule has 152 valence electrons. The van der Waals surface area contributed by atoms with Gasteiger partial charge in [-0.1, -0.05) is 59.4 Å². The van der Waals surface area contributed by atoms with E-state index in [0.717, 1.165) is 23.3 Å². The molecule has 4 aromatic rings. The number of nitrogens with zero attached hydrogens (tertiary/aromatic N) is 3. The maximum Gasteiger partial charge on any atom is 0.148 e. The molecular weight excluding hydrogens is 386 g/mol. The van der Waals surface area contributed by atoms with Crippen LogP contribution in [0.1, 0.15) is 71.8 Å². The van der Waals surface area contributed by atoms with Gasteiger partial charge in [-0.25, -0.2) is 9.97 Å². The van der Waals surface area contributed by atoms with E-state index in [1.807, 2.05) is 0 Å². The number of fused-ring (bicyclic) bond motifs is 6. The maximum absolute atomic E-state index is 6.46. The average Bonchev–Trinajstić information content (AvgIpc) is 3.13. The van der Waals surface area contributed by atoms with E-state index < -0.39 is 0 Å². The normalized spacial score (nSPS) is 17.5. The number of hydrogen-bond donors (Lipinski definition) is 0. The van der Waals surface area contributed by atoms with E-state index in [4.69, 9.17) is 41.4 Å². The van der Waals surface area contributed by atoms with Gasteiger partial charge in [0.25, 0.3) is 0 Å². The Bertz CT molecular complexity index is 1470. The summed E-state index contributed by atoms with van der Waals surface area (Å²) in [6.45, 7) is 15.6. The van der Waals surface area contributed by atoms with Crippen LogP contribution < -0.4 is 21.9 Å². The third-order valence-electron chi connectivity index (χ3n) is 7.09. The molecule has 0 aliphatic heterocycles. The van der Waals surface area contributed by atoms with E-state index >= 15 is 0 Å². The zero-order valence-corrected chi connectivity index (χ0v) is 20.0. The van der Waals surface area contributed by atoms with Crippen LogP contribution in [0.25, 0.3) is 27.6 Å². The van der Waals surface area contributed by atoms with Gasteiger partial charge in [0.1, 0.15) is 42.9 Å². The second-order valence-electron chi connectivity index (χ2n) is 11.7. The monoisotopic (exact) mass is 411 g/mol. The van der Waals surface area contributed by atoms with E-state index in [2.05, 4.69) is 65.0 Å². The molecule has 0 atom stereocenters. The minimum atomic E-state index is -0.273. The van der Waals surface area contributed by atoms with Crippen molar-refractivity contribution in [2.24, 2.45) is 0 Å². The fourth-order valence-electron chi connectivity index (χ4n) is 5.74. The molecule has 0 saturated carbocycles. The van der Waals surface area contributed by atoms with Gasteiger partial charge < -0.3 is 0 Å². The number of aromatic nitrogens is 3. The third kappa shape index (κ3) is 2.72. The van der Waals surface area contributed by atoms with Crippen LogP contribution in [0, 0.1) is 0 Å². The lowest BCUT2D eigenvalue weighted by Gasteiger charge is -2.24. The molecule has 0 saturated heterocycles. The Morgan fingerprint density at radius 3 is 1.97 bits per heavy atom. The smallest absolute Gasteiger partial charge is 0.148 e. The third-order valence-corrected chi connectivity index (χ3v) is 7.09. The molecule has 32 heavy (non-hydrogen) atoms. The van der Waals surface area contributed by atoms with Crippen LogP contribution in [0.15, 0.2) is 12.1 Å². The summed E-state index contributed by atoms with van der Waals surface area (Å²) in [6, 6.07) is 4.53. The average molecular weight is 411 g/mol. The first-order chi connectivity index (χ1) is 14.6. The molecule has 2 aromatic heterocycles. The first-order valence-electron chi connectivity index (χ1n) is 11.1. The van der Waals surface area contributed by atoms with E-state index in [9.17, 15) is 0 Å². The molecule has 0 bridgehead atoms. The van der Waals surface area contributed by atoms with Gasteiger partial charge in [-0.3, -0.25) is 4.40 Å². The Labute approximate surface area is 195 Å². The Kier molecular flexibility index (Phi) is 4.23. The van der Waals surface area contributed by atoms with Crippen LogP contribution >= 0.6 is 0 Å². The first kappa shape index (κ1) is 21.7. The van der Waals surface area contributed by atoms with Gasteiger partial charge in [0.05, 0.1) is 16.6 Å². The molecule has 3 nitrogen and oxygen atoms in total. The lowest BCUT2D eigenvalue weighted by Crippen LogP contribution is -2.48. The van der Waals surface area contributed by atoms with E-state index in [1.54, 1.807) is 0 Å². The lowest BCUT2D eigenvalue weighted by atomic mass is 9.65. The SMILES string of the molecule is [B]c1c([B])c([B])c2c(nc(C(C)(C)C)n3c4cc5c(cc4nc23)C(C)(C)CC5(C)C)c1[B]. The van der Waals surface area contributed by atoms with Gasteiger partial charge in [0, 0.05) is 10.8 Å². The summed E-state index contributed by atoms with van der Waals surface area (Å²) in [5.41, 5.74) is 7.06. The molecule has 1 aliphatic carbocycles. The van der Waals surface area contributed by atoms with E-state index in [0.29, 0.717) is 27.5 Å². The lowest BCUT2D eigenvalue weighted by molar-refractivity contribution is 0.403. The van der Waals surface area contributed by atoms with E-state index in [1.165, 1.54) is 11.1 Å². The van der Waals surface area contributed by atoms with Gasteiger partial charge >= 0.3 is 0 Å². The predicted octanol–water partition coefficient (Wildman–Crippen LogP) is 1.47. The van der Waals surface area contributed by atoms with Crippen molar-refractivity contribution in [1.29, 1.82) is 0 Å². The quantitative estimate of drug-likeness (QED) is 0.411. The summed E-state index contributed by atoms with van der Waals surface area (Å²) >= 11 is 0. The van der Waals surface area contributed by atoms with Crippen molar-refractivity contribution in [3.8, 4) is 0 Å². The highest BCUT2D eigenvalue weighted by molar-refractivity contribution is 6.66. The number of imidazole rings is 1. The van der Waals surface area contributed by atoms with Crippen LogP contribution in [-0.4, -0.2) is 45.8 Å². The zero-order chi connectivity index (χ0) is 23.5. The Morgan fingerprint density at radius 1 is 0.812 bits per heavy atom. The molecule has 0 unspecified atom stereocenters. The molecule has 5 rings (SSSR count). The molecule has 8 radical (unpaired) electrons. The van der Waals surface area contributed by atoms with Crippen LogP contribution in [-0.2, 0) is 16.2 Å². The molecule has 1 aliphatic rings. The second kappa shape index (κ2) is 6.24. The standard InChI is InChI=1S/C25H25B4N3/c1-23(2,3)22-31-20-15(16(26)17(27)18(28)19(20)29)21-30-13-8-11-12(9-14(13)32(21)22)25(6,7)10-24(11,4)5/h8-9H,10H2,1-7H3. The Hall–Kier alpha value is -2.16. The molecular formula is C25H25B4N3. The zero-order valence-electron chi connectivity index (χ0n) is 20.0. The Morgan fingerprint density at radius 2 is 1.38 bits per heavy atom. The van der Waals surface area contributed by atoms with Crippen molar-refractivity contribution < 1.29 is 0 Å². The fraction of sp³-hybridized carbons (Fsp3) is 0.440. The molecule has 0 fully saturated rings. The molecule has 7 heteroatoms. The number of hydrogen-bond acceptors (Lipinski definition) is 2. The molecule has 2 heterocycles. The van der Waals surface area contributed by atoms with Gasteiger partial charge in [-0.2, -0.15) is 0 Å².